The molecular formula is C37H49N7O7. The van der Waals surface area contributed by atoms with Crippen molar-refractivity contribution in [3.8, 4) is 0 Å². The van der Waals surface area contributed by atoms with Crippen LogP contribution < -0.4 is 33.0 Å². The smallest absolute Gasteiger partial charge is 0.326 e. The lowest BCUT2D eigenvalue weighted by atomic mass is 9.94. The molecule has 1 aliphatic rings. The van der Waals surface area contributed by atoms with E-state index in [4.69, 9.17) is 16.2 Å². The number of carbonyl (C=O) groups is 4. The van der Waals surface area contributed by atoms with Crippen molar-refractivity contribution in [2.24, 2.45) is 0 Å². The third-order valence-electron chi connectivity index (χ3n) is 8.66. The van der Waals surface area contributed by atoms with Crippen molar-refractivity contribution in [1.82, 2.24) is 20.6 Å². The molecule has 0 aliphatic heterocycles. The van der Waals surface area contributed by atoms with Crippen molar-refractivity contribution < 1.29 is 29.0 Å². The van der Waals surface area contributed by atoms with E-state index in [9.17, 15) is 29.1 Å². The number of rotatable bonds is 16. The Kier molecular flexibility index (Phi) is 13.2. The highest BCUT2D eigenvalue weighted by Gasteiger charge is 2.29. The Morgan fingerprint density at radius 2 is 1.73 bits per heavy atom. The summed E-state index contributed by atoms with van der Waals surface area (Å²) in [4.78, 5) is 70.1. The van der Waals surface area contributed by atoms with E-state index >= 15 is 0 Å². The first-order valence-electron chi connectivity index (χ1n) is 17.3. The average molecular weight is 704 g/mol. The number of nitrogens with two attached hydrogens (primary N) is 2. The van der Waals surface area contributed by atoms with Crippen LogP contribution in [0.15, 0.2) is 53.3 Å². The largest absolute Gasteiger partial charge is 0.480 e. The third-order valence-corrected chi connectivity index (χ3v) is 8.66. The number of nitrogens with zero attached hydrogens (tertiary/aromatic N) is 1. The monoisotopic (exact) mass is 703 g/mol. The van der Waals surface area contributed by atoms with Crippen LogP contribution in [0, 0.1) is 0 Å². The highest BCUT2D eigenvalue weighted by molar-refractivity contribution is 5.98. The fraction of sp³-hybridized carbons (Fsp3) is 0.459. The fourth-order valence-corrected chi connectivity index (χ4v) is 6.12. The summed E-state index contributed by atoms with van der Waals surface area (Å²) in [7, 11) is 0. The molecular weight excluding hydrogens is 654 g/mol. The number of carbonyl (C=O) groups excluding carboxylic acids is 3. The Bertz CT molecular complexity index is 1750. The number of aromatic nitrogens is 2. The normalized spacial score (nSPS) is 14.3. The molecule has 2 atom stereocenters. The Morgan fingerprint density at radius 3 is 2.37 bits per heavy atom. The summed E-state index contributed by atoms with van der Waals surface area (Å²) in [6.45, 7) is 5.67. The molecule has 1 aromatic heterocycles. The maximum absolute atomic E-state index is 13.6. The molecule has 0 spiro atoms. The van der Waals surface area contributed by atoms with Gasteiger partial charge in [0.05, 0.1) is 5.56 Å². The molecule has 1 saturated carbocycles. The summed E-state index contributed by atoms with van der Waals surface area (Å²) < 4.78 is 5.39. The summed E-state index contributed by atoms with van der Waals surface area (Å²) >= 11 is 0. The second-order valence-corrected chi connectivity index (χ2v) is 13.9. The first kappa shape index (κ1) is 38.4. The van der Waals surface area contributed by atoms with E-state index in [1.165, 1.54) is 18.4 Å². The third kappa shape index (κ3) is 11.9. The number of carboxylic acids is 1. The maximum Gasteiger partial charge on any atom is 0.326 e. The second kappa shape index (κ2) is 17.5. The van der Waals surface area contributed by atoms with E-state index in [1.54, 1.807) is 45.0 Å². The van der Waals surface area contributed by atoms with Gasteiger partial charge in [0.2, 0.25) is 11.9 Å². The van der Waals surface area contributed by atoms with Gasteiger partial charge in [0.25, 0.3) is 11.5 Å². The molecule has 1 fully saturated rings. The topological polar surface area (TPSA) is 232 Å². The van der Waals surface area contributed by atoms with Gasteiger partial charge < -0.3 is 37.3 Å². The molecule has 2 aromatic carbocycles. The van der Waals surface area contributed by atoms with Crippen LogP contribution in [-0.4, -0.2) is 63.1 Å². The quantitative estimate of drug-likeness (QED) is 0.0840. The first-order valence-corrected chi connectivity index (χ1v) is 17.3. The van der Waals surface area contributed by atoms with E-state index in [-0.39, 0.29) is 42.2 Å². The van der Waals surface area contributed by atoms with E-state index in [0.717, 1.165) is 18.4 Å². The van der Waals surface area contributed by atoms with Gasteiger partial charge in [-0.3, -0.25) is 24.2 Å². The van der Waals surface area contributed by atoms with Gasteiger partial charge in [-0.25, -0.2) is 4.79 Å². The number of nitrogen functional groups attached to an aromatic ring is 2. The van der Waals surface area contributed by atoms with E-state index in [0.29, 0.717) is 36.6 Å². The maximum atomic E-state index is 13.6. The van der Waals surface area contributed by atoms with Crippen LogP contribution in [0.3, 0.4) is 0 Å². The van der Waals surface area contributed by atoms with Gasteiger partial charge in [-0.2, -0.15) is 4.98 Å². The molecule has 0 bridgehead atoms. The SMILES string of the molecule is CC(C)(C)OC(=O)CC[C@H](NC(=O)c1ccc(NCCCc2c(N)nc(N)[nH]c2=O)cc1)C(=O)N[C@@H](Cc1cccc(C2CCCC2)c1)C(=O)O. The highest BCUT2D eigenvalue weighted by Crippen LogP contribution is 2.34. The minimum Gasteiger partial charge on any atom is -0.480 e. The Balaban J connectivity index is 1.39. The summed E-state index contributed by atoms with van der Waals surface area (Å²) in [5.74, 6) is -2.57. The van der Waals surface area contributed by atoms with Crippen LogP contribution in [0.4, 0.5) is 17.5 Å². The van der Waals surface area contributed by atoms with Crippen molar-refractivity contribution >= 4 is 41.2 Å². The molecule has 0 radical (unpaired) electrons. The lowest BCUT2D eigenvalue weighted by Crippen LogP contribution is -2.52. The Morgan fingerprint density at radius 1 is 1.02 bits per heavy atom. The summed E-state index contributed by atoms with van der Waals surface area (Å²) in [5.41, 5.74) is 13.5. The highest BCUT2D eigenvalue weighted by atomic mass is 16.6. The molecule has 14 heteroatoms. The molecule has 1 heterocycles. The number of hydrogen-bond donors (Lipinski definition) is 7. The van der Waals surface area contributed by atoms with Crippen LogP contribution in [0.5, 0.6) is 0 Å². The van der Waals surface area contributed by atoms with Crippen molar-refractivity contribution in [2.45, 2.75) is 102 Å². The van der Waals surface area contributed by atoms with Crippen molar-refractivity contribution in [3.63, 3.8) is 0 Å². The number of aromatic amines is 1. The number of amides is 2. The van der Waals surface area contributed by atoms with Crippen LogP contribution in [0.1, 0.15) is 98.7 Å². The number of ether oxygens (including phenoxy) is 1. The summed E-state index contributed by atoms with van der Waals surface area (Å²) in [6.07, 6.45) is 5.27. The number of carboxylic acid groups (broad SMARTS) is 1. The van der Waals surface area contributed by atoms with Crippen molar-refractivity contribution in [1.29, 1.82) is 0 Å². The second-order valence-electron chi connectivity index (χ2n) is 13.9. The number of H-pyrrole nitrogens is 1. The number of nitrogens with one attached hydrogen (secondary N) is 4. The number of hydrogen-bond acceptors (Lipinski definition) is 10. The molecule has 14 nitrogen and oxygen atoms in total. The van der Waals surface area contributed by atoms with Gasteiger partial charge in [0.1, 0.15) is 23.5 Å². The molecule has 1 aliphatic carbocycles. The van der Waals surface area contributed by atoms with Gasteiger partial charge in [-0.15, -0.1) is 0 Å². The minimum absolute atomic E-state index is 0.0429. The van der Waals surface area contributed by atoms with Gasteiger partial charge in [-0.1, -0.05) is 37.1 Å². The van der Waals surface area contributed by atoms with E-state index < -0.39 is 41.4 Å². The minimum atomic E-state index is -1.26. The molecule has 9 N–H and O–H groups in total. The summed E-state index contributed by atoms with van der Waals surface area (Å²) in [6, 6.07) is 11.9. The number of anilines is 3. The van der Waals surface area contributed by atoms with Crippen LogP contribution >= 0.6 is 0 Å². The Labute approximate surface area is 297 Å². The van der Waals surface area contributed by atoms with Crippen LogP contribution in [0.25, 0.3) is 0 Å². The first-order chi connectivity index (χ1) is 24.2. The van der Waals surface area contributed by atoms with Gasteiger partial charge in [0, 0.05) is 30.6 Å². The molecule has 3 aromatic rings. The van der Waals surface area contributed by atoms with Crippen molar-refractivity contribution in [3.05, 3.63) is 81.1 Å². The predicted molar refractivity (Wildman–Crippen MR) is 194 cm³/mol. The fourth-order valence-electron chi connectivity index (χ4n) is 6.12. The van der Waals surface area contributed by atoms with Gasteiger partial charge in [0.15, 0.2) is 0 Å². The van der Waals surface area contributed by atoms with E-state index in [2.05, 4.69) is 32.0 Å². The van der Waals surface area contributed by atoms with Crippen molar-refractivity contribution in [2.75, 3.05) is 23.3 Å². The number of benzene rings is 2. The summed E-state index contributed by atoms with van der Waals surface area (Å²) in [5, 5.41) is 18.5. The number of aliphatic carboxylic acids is 1. The van der Waals surface area contributed by atoms with E-state index in [1.807, 2.05) is 18.2 Å². The van der Waals surface area contributed by atoms with Gasteiger partial charge >= 0.3 is 11.9 Å². The lowest BCUT2D eigenvalue weighted by Gasteiger charge is -2.23. The Hall–Kier alpha value is -5.40. The molecule has 0 saturated heterocycles. The molecule has 4 rings (SSSR count). The average Bonchev–Trinajstić information content (AvgIpc) is 3.60. The van der Waals surface area contributed by atoms with Crippen LogP contribution in [-0.2, 0) is 32.0 Å². The predicted octanol–water partition coefficient (Wildman–Crippen LogP) is 3.67. The van der Waals surface area contributed by atoms with Gasteiger partial charge in [-0.05, 0) is 94.2 Å². The molecule has 274 valence electrons. The van der Waals surface area contributed by atoms with Crippen LogP contribution in [0.2, 0.25) is 0 Å². The zero-order chi connectivity index (χ0) is 37.1. The zero-order valence-corrected chi connectivity index (χ0v) is 29.4. The number of esters is 1. The molecule has 2 amide bonds. The molecule has 51 heavy (non-hydrogen) atoms. The molecule has 0 unspecified atom stereocenters. The zero-order valence-electron chi connectivity index (χ0n) is 29.4. The lowest BCUT2D eigenvalue weighted by molar-refractivity contribution is -0.155. The standard InChI is InChI=1S/C37H49N7O7/c1-37(2,3)51-30(45)18-17-28(34(48)42-29(35(49)50)21-22-8-6-11-25(20-22)23-9-4-5-10-23)41-32(46)24-13-15-26(16-14-24)40-19-7-12-27-31(38)43-36(39)44-33(27)47/h6,8,11,13-16,20,23,28-29,40H,4-5,7,9-10,12,17-19,21H2,1-3H3,(H,41,46)(H,42,48)(H,49,50)(H5,38,39,43,44,47)/t28-,29-/m0/s1.